The van der Waals surface area contributed by atoms with Crippen LogP contribution in [-0.2, 0) is 13.5 Å². The van der Waals surface area contributed by atoms with E-state index in [2.05, 4.69) is 4.98 Å². The topological polar surface area (TPSA) is 38.0 Å². The van der Waals surface area contributed by atoms with Crippen LogP contribution in [-0.4, -0.2) is 20.3 Å². The van der Waals surface area contributed by atoms with Gasteiger partial charge in [-0.2, -0.15) is 0 Å². The van der Waals surface area contributed by atoms with Crippen molar-refractivity contribution < 1.29 is 5.11 Å². The van der Waals surface area contributed by atoms with Crippen LogP contribution in [0.5, 0.6) is 0 Å². The Morgan fingerprint density at radius 1 is 1.73 bits per heavy atom. The zero-order valence-corrected chi connectivity index (χ0v) is 6.62. The van der Waals surface area contributed by atoms with Gasteiger partial charge in [-0.05, 0) is 12.8 Å². The minimum absolute atomic E-state index is 0.408. The summed E-state index contributed by atoms with van der Waals surface area (Å²) in [7, 11) is 1.94. The first-order valence-corrected chi connectivity index (χ1v) is 3.87. The zero-order valence-electron chi connectivity index (χ0n) is 6.62. The number of nitrogens with zero attached hydrogens (tertiary/aromatic N) is 2. The smallest absolute Gasteiger partial charge is 0.0946 e. The van der Waals surface area contributed by atoms with Crippen LogP contribution >= 0.6 is 0 Å². The van der Waals surface area contributed by atoms with Gasteiger partial charge in [0.05, 0.1) is 17.6 Å². The summed E-state index contributed by atoms with van der Waals surface area (Å²) in [6.45, 7) is 0. The number of hydrogen-bond donors (Lipinski definition) is 1. The van der Waals surface area contributed by atoms with Crippen molar-refractivity contribution in [1.82, 2.24) is 9.55 Å². The van der Waals surface area contributed by atoms with Gasteiger partial charge in [-0.15, -0.1) is 0 Å². The number of hydrogen-bond acceptors (Lipinski definition) is 2. The first-order chi connectivity index (χ1) is 5.18. The molecule has 11 heavy (non-hydrogen) atoms. The molecule has 2 rings (SSSR count). The van der Waals surface area contributed by atoms with Crippen LogP contribution in [0.3, 0.4) is 0 Å². The van der Waals surface area contributed by atoms with E-state index in [1.165, 1.54) is 0 Å². The van der Waals surface area contributed by atoms with Gasteiger partial charge in [0.25, 0.3) is 0 Å². The van der Waals surface area contributed by atoms with Crippen LogP contribution < -0.4 is 0 Å². The fourth-order valence-corrected chi connectivity index (χ4v) is 1.22. The van der Waals surface area contributed by atoms with Gasteiger partial charge in [0.1, 0.15) is 0 Å². The summed E-state index contributed by atoms with van der Waals surface area (Å²) in [5, 5.41) is 9.54. The van der Waals surface area contributed by atoms with Crippen molar-refractivity contribution in [3.8, 4) is 0 Å². The van der Waals surface area contributed by atoms with Crippen LogP contribution in [0.4, 0.5) is 0 Å². The molecular formula is C8H12N2O. The lowest BCUT2D eigenvalue weighted by Gasteiger charge is -2.02. The van der Waals surface area contributed by atoms with E-state index < -0.39 is 5.60 Å². The first-order valence-electron chi connectivity index (χ1n) is 3.87. The van der Waals surface area contributed by atoms with Crippen molar-refractivity contribution in [1.29, 1.82) is 0 Å². The Hall–Kier alpha value is -0.830. The Balaban J connectivity index is 2.06. The minimum Gasteiger partial charge on any atom is -0.389 e. The Morgan fingerprint density at radius 3 is 2.91 bits per heavy atom. The number of aromatic nitrogens is 2. The molecule has 0 saturated heterocycles. The molecule has 0 radical (unpaired) electrons. The summed E-state index contributed by atoms with van der Waals surface area (Å²) >= 11 is 0. The van der Waals surface area contributed by atoms with Crippen molar-refractivity contribution in [3.05, 3.63) is 18.2 Å². The molecule has 0 amide bonds. The standard InChI is InChI=1S/C8H12N2O/c1-10-5-7(9-6-10)4-8(11)2-3-8/h5-6,11H,2-4H2,1H3. The molecule has 0 aliphatic heterocycles. The molecular weight excluding hydrogens is 140 g/mol. The maximum absolute atomic E-state index is 9.54. The van der Waals surface area contributed by atoms with E-state index >= 15 is 0 Å². The normalized spacial score (nSPS) is 20.2. The van der Waals surface area contributed by atoms with E-state index in [9.17, 15) is 5.11 Å². The Kier molecular flexibility index (Phi) is 1.29. The molecule has 1 aliphatic rings. The molecule has 0 bridgehead atoms. The van der Waals surface area contributed by atoms with Crippen LogP contribution in [0.15, 0.2) is 12.5 Å². The highest BCUT2D eigenvalue weighted by Crippen LogP contribution is 2.37. The van der Waals surface area contributed by atoms with Gasteiger partial charge in [-0.1, -0.05) is 0 Å². The van der Waals surface area contributed by atoms with Crippen molar-refractivity contribution in [3.63, 3.8) is 0 Å². The molecule has 0 atom stereocenters. The van der Waals surface area contributed by atoms with E-state index in [4.69, 9.17) is 0 Å². The highest BCUT2D eigenvalue weighted by Gasteiger charge is 2.40. The monoisotopic (exact) mass is 152 g/mol. The first kappa shape index (κ1) is 6.85. The molecule has 1 fully saturated rings. The van der Waals surface area contributed by atoms with Gasteiger partial charge < -0.3 is 9.67 Å². The van der Waals surface area contributed by atoms with Gasteiger partial charge in [0, 0.05) is 19.7 Å². The zero-order chi connectivity index (χ0) is 7.90. The number of rotatable bonds is 2. The van der Waals surface area contributed by atoms with Gasteiger partial charge in [0.2, 0.25) is 0 Å². The Morgan fingerprint density at radius 2 is 2.45 bits per heavy atom. The summed E-state index contributed by atoms with van der Waals surface area (Å²) in [5.74, 6) is 0. The molecule has 1 saturated carbocycles. The van der Waals surface area contributed by atoms with Gasteiger partial charge in [-0.25, -0.2) is 4.98 Å². The number of aliphatic hydroxyl groups is 1. The van der Waals surface area contributed by atoms with E-state index in [0.717, 1.165) is 18.5 Å². The fourth-order valence-electron chi connectivity index (χ4n) is 1.22. The summed E-state index contributed by atoms with van der Waals surface area (Å²) in [5.41, 5.74) is 0.585. The third kappa shape index (κ3) is 1.43. The molecule has 1 N–H and O–H groups in total. The molecule has 0 spiro atoms. The molecule has 1 aliphatic carbocycles. The molecule has 0 aromatic carbocycles. The van der Waals surface area contributed by atoms with Crippen LogP contribution in [0.1, 0.15) is 18.5 Å². The van der Waals surface area contributed by atoms with Crippen molar-refractivity contribution in [2.75, 3.05) is 0 Å². The van der Waals surface area contributed by atoms with Crippen LogP contribution in [0.25, 0.3) is 0 Å². The second-order valence-electron chi connectivity index (χ2n) is 3.43. The minimum atomic E-state index is -0.408. The third-order valence-corrected chi connectivity index (χ3v) is 2.10. The van der Waals surface area contributed by atoms with E-state index in [0.29, 0.717) is 6.42 Å². The molecule has 3 nitrogen and oxygen atoms in total. The van der Waals surface area contributed by atoms with E-state index in [-0.39, 0.29) is 0 Å². The predicted molar refractivity (Wildman–Crippen MR) is 41.1 cm³/mol. The molecule has 60 valence electrons. The molecule has 1 heterocycles. The Labute approximate surface area is 65.7 Å². The summed E-state index contributed by atoms with van der Waals surface area (Å²) < 4.78 is 1.90. The molecule has 1 aromatic rings. The van der Waals surface area contributed by atoms with E-state index in [1.54, 1.807) is 6.33 Å². The lowest BCUT2D eigenvalue weighted by Crippen LogP contribution is -2.10. The van der Waals surface area contributed by atoms with Crippen molar-refractivity contribution in [2.45, 2.75) is 24.9 Å². The molecule has 1 aromatic heterocycles. The summed E-state index contributed by atoms with van der Waals surface area (Å²) in [6.07, 6.45) is 6.30. The highest BCUT2D eigenvalue weighted by atomic mass is 16.3. The molecule has 0 unspecified atom stereocenters. The predicted octanol–water partition coefficient (Wildman–Crippen LogP) is 0.487. The maximum Gasteiger partial charge on any atom is 0.0946 e. The van der Waals surface area contributed by atoms with Gasteiger partial charge in [0.15, 0.2) is 0 Å². The average Bonchev–Trinajstić information content (AvgIpc) is 2.49. The highest BCUT2D eigenvalue weighted by molar-refractivity contribution is 5.07. The summed E-state index contributed by atoms with van der Waals surface area (Å²) in [6, 6.07) is 0. The van der Waals surface area contributed by atoms with Gasteiger partial charge >= 0.3 is 0 Å². The summed E-state index contributed by atoms with van der Waals surface area (Å²) in [4.78, 5) is 4.14. The quantitative estimate of drug-likeness (QED) is 0.669. The van der Waals surface area contributed by atoms with Crippen molar-refractivity contribution >= 4 is 0 Å². The lowest BCUT2D eigenvalue weighted by molar-refractivity contribution is 0.150. The maximum atomic E-state index is 9.54. The second-order valence-corrected chi connectivity index (χ2v) is 3.43. The van der Waals surface area contributed by atoms with E-state index in [1.807, 2.05) is 17.8 Å². The second kappa shape index (κ2) is 2.08. The van der Waals surface area contributed by atoms with Crippen LogP contribution in [0.2, 0.25) is 0 Å². The van der Waals surface area contributed by atoms with Crippen molar-refractivity contribution in [2.24, 2.45) is 7.05 Å². The Bertz CT molecular complexity index is 263. The molecule has 3 heteroatoms. The average molecular weight is 152 g/mol. The largest absolute Gasteiger partial charge is 0.389 e. The third-order valence-electron chi connectivity index (χ3n) is 2.10. The number of imidazole rings is 1. The lowest BCUT2D eigenvalue weighted by atomic mass is 10.2. The van der Waals surface area contributed by atoms with Gasteiger partial charge in [-0.3, -0.25) is 0 Å². The SMILES string of the molecule is Cn1cnc(CC2(O)CC2)c1. The fraction of sp³-hybridized carbons (Fsp3) is 0.625. The number of aryl methyl sites for hydroxylation is 1. The van der Waals surface area contributed by atoms with Crippen LogP contribution in [0, 0.1) is 0 Å².